The van der Waals surface area contributed by atoms with Crippen molar-refractivity contribution in [3.8, 4) is 0 Å². The van der Waals surface area contributed by atoms with Gasteiger partial charge in [0.25, 0.3) is 0 Å². The summed E-state index contributed by atoms with van der Waals surface area (Å²) in [5.74, 6) is -0.212. The Labute approximate surface area is 104 Å². The van der Waals surface area contributed by atoms with Gasteiger partial charge in [-0.3, -0.25) is 0 Å². The zero-order chi connectivity index (χ0) is 12.3. The second kappa shape index (κ2) is 5.25. The minimum atomic E-state index is -0.212. The lowest BCUT2D eigenvalue weighted by molar-refractivity contribution is 0.627. The van der Waals surface area contributed by atoms with E-state index in [-0.39, 0.29) is 5.82 Å². The molecule has 1 aromatic carbocycles. The fourth-order valence-corrected chi connectivity index (χ4v) is 2.25. The number of thiazole rings is 1. The van der Waals surface area contributed by atoms with Crippen LogP contribution in [0.1, 0.15) is 10.4 Å². The lowest BCUT2D eigenvalue weighted by Gasteiger charge is -2.15. The Morgan fingerprint density at radius 2 is 2.06 bits per heavy atom. The molecule has 0 bridgehead atoms. The molecule has 0 atom stereocenters. The summed E-state index contributed by atoms with van der Waals surface area (Å²) in [4.78, 5) is 7.38. The molecular formula is C12H14FN3S. The van der Waals surface area contributed by atoms with Gasteiger partial charge in [0.2, 0.25) is 0 Å². The van der Waals surface area contributed by atoms with Crippen LogP contribution >= 0.6 is 11.3 Å². The van der Waals surface area contributed by atoms with Crippen LogP contribution in [0.4, 0.5) is 9.52 Å². The molecule has 0 saturated heterocycles. The van der Waals surface area contributed by atoms with Gasteiger partial charge < -0.3 is 10.6 Å². The summed E-state index contributed by atoms with van der Waals surface area (Å²) in [6, 6.07) is 6.50. The number of nitrogens with zero attached hydrogens (tertiary/aromatic N) is 2. The Morgan fingerprint density at radius 3 is 2.65 bits per heavy atom. The van der Waals surface area contributed by atoms with Crippen LogP contribution < -0.4 is 10.6 Å². The number of nitrogens with two attached hydrogens (primary N) is 1. The van der Waals surface area contributed by atoms with Crippen molar-refractivity contribution in [2.75, 3.05) is 11.9 Å². The zero-order valence-electron chi connectivity index (χ0n) is 9.56. The topological polar surface area (TPSA) is 42.2 Å². The molecule has 2 N–H and O–H groups in total. The SMILES string of the molecule is CN(Cc1ccc(F)cc1)c1ncc(CN)s1. The molecule has 2 aromatic rings. The summed E-state index contributed by atoms with van der Waals surface area (Å²) >= 11 is 1.58. The van der Waals surface area contributed by atoms with E-state index in [1.54, 1.807) is 29.7 Å². The molecule has 3 nitrogen and oxygen atoms in total. The first-order chi connectivity index (χ1) is 8.19. The second-order valence-corrected chi connectivity index (χ2v) is 4.89. The van der Waals surface area contributed by atoms with Crippen LogP contribution in [-0.4, -0.2) is 12.0 Å². The van der Waals surface area contributed by atoms with Crippen LogP contribution in [0.15, 0.2) is 30.5 Å². The van der Waals surface area contributed by atoms with Gasteiger partial charge in [0, 0.05) is 31.2 Å². The van der Waals surface area contributed by atoms with E-state index in [1.807, 2.05) is 11.9 Å². The molecule has 1 aromatic heterocycles. The van der Waals surface area contributed by atoms with Gasteiger partial charge in [0.05, 0.1) is 0 Å². The third-order valence-corrected chi connectivity index (χ3v) is 3.54. The Balaban J connectivity index is 2.05. The summed E-state index contributed by atoms with van der Waals surface area (Å²) < 4.78 is 12.8. The van der Waals surface area contributed by atoms with Crippen molar-refractivity contribution in [2.45, 2.75) is 13.1 Å². The lowest BCUT2D eigenvalue weighted by atomic mass is 10.2. The average molecular weight is 251 g/mol. The second-order valence-electron chi connectivity index (χ2n) is 3.80. The van der Waals surface area contributed by atoms with Crippen LogP contribution in [0.2, 0.25) is 0 Å². The van der Waals surface area contributed by atoms with E-state index in [0.717, 1.165) is 15.6 Å². The number of aromatic nitrogens is 1. The molecule has 0 radical (unpaired) electrons. The first-order valence-electron chi connectivity index (χ1n) is 5.29. The fourth-order valence-electron chi connectivity index (χ4n) is 1.50. The minimum Gasteiger partial charge on any atom is -0.347 e. The average Bonchev–Trinajstić information content (AvgIpc) is 2.81. The van der Waals surface area contributed by atoms with Crippen LogP contribution in [-0.2, 0) is 13.1 Å². The Bertz CT molecular complexity index is 481. The molecule has 0 unspecified atom stereocenters. The van der Waals surface area contributed by atoms with E-state index in [4.69, 9.17) is 5.73 Å². The van der Waals surface area contributed by atoms with Gasteiger partial charge in [-0.2, -0.15) is 0 Å². The standard InChI is InChI=1S/C12H14FN3S/c1-16(12-15-7-11(6-14)17-12)8-9-2-4-10(13)5-3-9/h2-5,7H,6,8,14H2,1H3. The molecule has 5 heteroatoms. The van der Waals surface area contributed by atoms with E-state index < -0.39 is 0 Å². The van der Waals surface area contributed by atoms with E-state index >= 15 is 0 Å². The predicted molar refractivity (Wildman–Crippen MR) is 68.5 cm³/mol. The van der Waals surface area contributed by atoms with Crippen molar-refractivity contribution in [1.29, 1.82) is 0 Å². The van der Waals surface area contributed by atoms with Gasteiger partial charge in [-0.1, -0.05) is 12.1 Å². The summed E-state index contributed by atoms with van der Waals surface area (Å²) in [5.41, 5.74) is 6.60. The summed E-state index contributed by atoms with van der Waals surface area (Å²) in [6.45, 7) is 1.22. The van der Waals surface area contributed by atoms with Gasteiger partial charge in [0.1, 0.15) is 5.82 Å². The van der Waals surface area contributed by atoms with Crippen LogP contribution in [0.3, 0.4) is 0 Å². The number of halogens is 1. The number of hydrogen-bond acceptors (Lipinski definition) is 4. The molecule has 1 heterocycles. The van der Waals surface area contributed by atoms with Crippen molar-refractivity contribution < 1.29 is 4.39 Å². The zero-order valence-corrected chi connectivity index (χ0v) is 10.4. The van der Waals surface area contributed by atoms with Crippen LogP contribution in [0, 0.1) is 5.82 Å². The predicted octanol–water partition coefficient (Wildman–Crippen LogP) is 2.38. The molecule has 0 aliphatic carbocycles. The van der Waals surface area contributed by atoms with Crippen LogP contribution in [0.5, 0.6) is 0 Å². The van der Waals surface area contributed by atoms with Gasteiger partial charge in [-0.05, 0) is 17.7 Å². The minimum absolute atomic E-state index is 0.212. The summed E-state index contributed by atoms with van der Waals surface area (Å²) in [6.07, 6.45) is 1.79. The first-order valence-corrected chi connectivity index (χ1v) is 6.11. The smallest absolute Gasteiger partial charge is 0.185 e. The molecular weight excluding hydrogens is 237 g/mol. The molecule has 0 aliphatic heterocycles. The van der Waals surface area contributed by atoms with Gasteiger partial charge in [-0.25, -0.2) is 9.37 Å². The van der Waals surface area contributed by atoms with Crippen molar-refractivity contribution in [1.82, 2.24) is 4.98 Å². The Morgan fingerprint density at radius 1 is 1.35 bits per heavy atom. The van der Waals surface area contributed by atoms with Crippen molar-refractivity contribution in [3.63, 3.8) is 0 Å². The summed E-state index contributed by atoms with van der Waals surface area (Å²) in [7, 11) is 1.96. The maximum Gasteiger partial charge on any atom is 0.185 e. The Kier molecular flexibility index (Phi) is 3.71. The van der Waals surface area contributed by atoms with E-state index in [0.29, 0.717) is 13.1 Å². The molecule has 2 rings (SSSR count). The number of rotatable bonds is 4. The van der Waals surface area contributed by atoms with E-state index in [2.05, 4.69) is 4.98 Å². The van der Waals surface area contributed by atoms with Crippen molar-refractivity contribution in [3.05, 3.63) is 46.7 Å². The molecule has 17 heavy (non-hydrogen) atoms. The maximum atomic E-state index is 12.8. The van der Waals surface area contributed by atoms with Gasteiger partial charge in [-0.15, -0.1) is 11.3 Å². The first kappa shape index (κ1) is 12.0. The van der Waals surface area contributed by atoms with Gasteiger partial charge in [0.15, 0.2) is 5.13 Å². The van der Waals surface area contributed by atoms with Crippen molar-refractivity contribution in [2.24, 2.45) is 5.73 Å². The molecule has 0 fully saturated rings. The number of hydrogen-bond donors (Lipinski definition) is 1. The van der Waals surface area contributed by atoms with E-state index in [9.17, 15) is 4.39 Å². The molecule has 90 valence electrons. The number of benzene rings is 1. The summed E-state index contributed by atoms with van der Waals surface area (Å²) in [5, 5.41) is 0.926. The fraction of sp³-hybridized carbons (Fsp3) is 0.250. The molecule has 0 spiro atoms. The highest BCUT2D eigenvalue weighted by Gasteiger charge is 2.07. The van der Waals surface area contributed by atoms with Gasteiger partial charge >= 0.3 is 0 Å². The van der Waals surface area contributed by atoms with E-state index in [1.165, 1.54) is 12.1 Å². The third-order valence-electron chi connectivity index (χ3n) is 2.40. The number of anilines is 1. The normalized spacial score (nSPS) is 10.5. The van der Waals surface area contributed by atoms with Crippen molar-refractivity contribution >= 4 is 16.5 Å². The maximum absolute atomic E-state index is 12.8. The highest BCUT2D eigenvalue weighted by Crippen LogP contribution is 2.22. The largest absolute Gasteiger partial charge is 0.347 e. The molecule has 0 saturated carbocycles. The highest BCUT2D eigenvalue weighted by molar-refractivity contribution is 7.15. The molecule has 0 amide bonds. The van der Waals surface area contributed by atoms with Crippen LogP contribution in [0.25, 0.3) is 0 Å². The highest BCUT2D eigenvalue weighted by atomic mass is 32.1. The quantitative estimate of drug-likeness (QED) is 0.907. The lowest BCUT2D eigenvalue weighted by Crippen LogP contribution is -2.15. The third kappa shape index (κ3) is 3.01. The Hall–Kier alpha value is -1.46. The monoisotopic (exact) mass is 251 g/mol. The molecule has 0 aliphatic rings.